The third-order valence-corrected chi connectivity index (χ3v) is 17.0. The Kier molecular flexibility index (Phi) is 5.82. The van der Waals surface area contributed by atoms with Crippen LogP contribution in [0.3, 0.4) is 0 Å². The van der Waals surface area contributed by atoms with Gasteiger partial charge in [-0.3, -0.25) is 4.79 Å². The quantitative estimate of drug-likeness (QED) is 0.329. The largest absolute Gasteiger partial charge is 0.457 e. The van der Waals surface area contributed by atoms with Crippen molar-refractivity contribution in [2.75, 3.05) is 0 Å². The molecule has 0 aromatic carbocycles. The summed E-state index contributed by atoms with van der Waals surface area (Å²) in [7, 11) is -4.48. The maximum absolute atomic E-state index is 13.2. The summed E-state index contributed by atoms with van der Waals surface area (Å²) < 4.78 is 18.6. The van der Waals surface area contributed by atoms with E-state index in [1.807, 2.05) is 0 Å². The topological polar surface area (TPSA) is 61.8 Å². The van der Waals surface area contributed by atoms with Crippen molar-refractivity contribution in [2.24, 2.45) is 0 Å². The molecule has 5 nitrogen and oxygen atoms in total. The van der Waals surface area contributed by atoms with Gasteiger partial charge >= 0.3 is 5.97 Å². The Morgan fingerprint density at radius 3 is 1.93 bits per heavy atom. The molecule has 0 amide bonds. The van der Waals surface area contributed by atoms with Crippen molar-refractivity contribution >= 4 is 44.3 Å². The number of halogens is 1. The van der Waals surface area contributed by atoms with E-state index in [0.29, 0.717) is 6.42 Å². The highest BCUT2D eigenvalue weighted by Crippen LogP contribution is 2.50. The molecule has 0 aromatic rings. The molecule has 0 aromatic heterocycles. The van der Waals surface area contributed by atoms with Gasteiger partial charge in [-0.15, -0.1) is 0 Å². The summed E-state index contributed by atoms with van der Waals surface area (Å²) in [6.07, 6.45) is -0.935. The molecule has 27 heavy (non-hydrogen) atoms. The number of fused-ring (bicyclic) bond motifs is 2. The first-order valence-electron chi connectivity index (χ1n) is 9.63. The molecule has 2 fully saturated rings. The van der Waals surface area contributed by atoms with Crippen molar-refractivity contribution in [1.29, 1.82) is 0 Å². The average Bonchev–Trinajstić information content (AvgIpc) is 2.74. The minimum Gasteiger partial charge on any atom is -0.457 e. The maximum atomic E-state index is 13.2. The lowest BCUT2D eigenvalue weighted by atomic mass is 9.83. The Bertz CT molecular complexity index is 635. The lowest BCUT2D eigenvalue weighted by molar-refractivity contribution is -0.153. The lowest BCUT2D eigenvalue weighted by Gasteiger charge is -2.46. The van der Waals surface area contributed by atoms with Gasteiger partial charge < -0.3 is 13.6 Å². The molecule has 1 heterocycles. The number of ether oxygens (including phenoxy) is 1. The Labute approximate surface area is 174 Å². The summed E-state index contributed by atoms with van der Waals surface area (Å²) in [6.45, 7) is 21.1. The average molecular weight is 480 g/mol. The summed E-state index contributed by atoms with van der Waals surface area (Å²) in [6, 6.07) is 0. The fraction of sp³-hybridized carbons (Fsp3) is 0.895. The van der Waals surface area contributed by atoms with Crippen LogP contribution in [-0.4, -0.2) is 51.0 Å². The summed E-state index contributed by atoms with van der Waals surface area (Å²) in [4.78, 5) is 25.4. The molecule has 2 bridgehead atoms. The van der Waals surface area contributed by atoms with Crippen LogP contribution in [0, 0.1) is 0 Å². The Balaban J connectivity index is 2.35. The molecule has 0 radical (unpaired) electrons. The molecule has 8 heteroatoms. The summed E-state index contributed by atoms with van der Waals surface area (Å²) >= 11 is 3.50. The van der Waals surface area contributed by atoms with E-state index in [1.165, 1.54) is 0 Å². The number of alkyl halides is 1. The number of carbonyl (C=O) groups excluding carboxylic acids is 2. The predicted octanol–water partition coefficient (Wildman–Crippen LogP) is 4.80. The molecular formula is C19H35BrO5Si2. The van der Waals surface area contributed by atoms with Crippen molar-refractivity contribution < 1.29 is 23.2 Å². The van der Waals surface area contributed by atoms with Gasteiger partial charge in [-0.25, -0.2) is 4.79 Å². The van der Waals surface area contributed by atoms with Crippen molar-refractivity contribution in [3.05, 3.63) is 0 Å². The zero-order chi connectivity index (χ0) is 21.2. The number of Topliss-reactive ketones (excluding diaryl/α,β-unsaturated/α-hetero) is 1. The third-order valence-electron chi connectivity index (χ3n) is 6.86. The highest BCUT2D eigenvalue weighted by molar-refractivity contribution is 9.10. The minimum atomic E-state index is -2.29. The monoisotopic (exact) mass is 478 g/mol. The lowest BCUT2D eigenvalue weighted by Crippen LogP contribution is -2.63. The van der Waals surface area contributed by atoms with Crippen LogP contribution in [0.5, 0.6) is 0 Å². The van der Waals surface area contributed by atoms with Crippen molar-refractivity contribution in [1.82, 2.24) is 0 Å². The smallest absolute Gasteiger partial charge is 0.339 e. The van der Waals surface area contributed by atoms with Crippen molar-refractivity contribution in [3.8, 4) is 0 Å². The van der Waals surface area contributed by atoms with Gasteiger partial charge in [0.1, 0.15) is 17.0 Å². The highest BCUT2D eigenvalue weighted by Gasteiger charge is 2.67. The second-order valence-corrected chi connectivity index (χ2v) is 21.4. The Morgan fingerprint density at radius 1 is 1.00 bits per heavy atom. The van der Waals surface area contributed by atoms with Gasteiger partial charge in [0.15, 0.2) is 28.0 Å². The molecule has 4 atom stereocenters. The van der Waals surface area contributed by atoms with Crippen LogP contribution in [-0.2, 0) is 23.2 Å². The normalized spacial score (nSPS) is 32.6. The number of hydrogen-bond donors (Lipinski definition) is 0. The summed E-state index contributed by atoms with van der Waals surface area (Å²) in [5, 5.41) is -0.117. The van der Waals surface area contributed by atoms with Crippen LogP contribution >= 0.6 is 15.9 Å². The number of ketones is 1. The van der Waals surface area contributed by atoms with Gasteiger partial charge in [-0.1, -0.05) is 57.5 Å². The molecule has 2 aliphatic rings. The molecule has 0 N–H and O–H groups in total. The summed E-state index contributed by atoms with van der Waals surface area (Å²) in [5.74, 6) is -0.575. The third kappa shape index (κ3) is 3.89. The standard InChI is InChI=1S/C19H35BrO5Si2/c1-17(2,3)26(7,8)24-14-12-11-19(16(22)23-12,15(20)13(14)21)25-27(9,10)18(4,5)6/h12,14-15H,11H2,1-10H3/t12-,14+,15+,19-/m1/s1. The second kappa shape index (κ2) is 6.75. The van der Waals surface area contributed by atoms with Crippen LogP contribution in [0.2, 0.25) is 36.3 Å². The number of carbonyl (C=O) groups is 2. The number of hydrogen-bond acceptors (Lipinski definition) is 5. The van der Waals surface area contributed by atoms with Gasteiger partial charge in [-0.2, -0.15) is 0 Å². The SMILES string of the molecule is CC(C)(C)[Si](C)(C)O[C@@H]1C(=O)[C@H](Br)[C@]2(O[Si](C)(C)C(C)(C)C)C[C@H]1OC2=O. The van der Waals surface area contributed by atoms with E-state index in [9.17, 15) is 9.59 Å². The van der Waals surface area contributed by atoms with E-state index < -0.39 is 45.2 Å². The molecule has 2 rings (SSSR count). The molecule has 1 aliphatic heterocycles. The Hall–Kier alpha value is -0.0262. The zero-order valence-electron chi connectivity index (χ0n) is 18.4. The molecule has 1 saturated carbocycles. The second-order valence-electron chi connectivity index (χ2n) is 11.0. The van der Waals surface area contributed by atoms with Gasteiger partial charge in [-0.05, 0) is 36.3 Å². The maximum Gasteiger partial charge on any atom is 0.339 e. The van der Waals surface area contributed by atoms with Gasteiger partial charge in [0.25, 0.3) is 0 Å². The van der Waals surface area contributed by atoms with Crippen LogP contribution in [0.1, 0.15) is 48.0 Å². The molecular weight excluding hydrogens is 444 g/mol. The van der Waals surface area contributed by atoms with Gasteiger partial charge in [0, 0.05) is 6.42 Å². The van der Waals surface area contributed by atoms with Crippen molar-refractivity contribution in [2.45, 2.75) is 107 Å². The van der Waals surface area contributed by atoms with E-state index in [4.69, 9.17) is 13.6 Å². The molecule has 0 spiro atoms. The van der Waals surface area contributed by atoms with E-state index in [-0.39, 0.29) is 15.9 Å². The van der Waals surface area contributed by atoms with Crippen LogP contribution in [0.15, 0.2) is 0 Å². The first-order valence-corrected chi connectivity index (χ1v) is 16.4. The summed E-state index contributed by atoms with van der Waals surface area (Å²) in [5.41, 5.74) is -1.24. The van der Waals surface area contributed by atoms with E-state index in [0.717, 1.165) is 0 Å². The molecule has 156 valence electrons. The Morgan fingerprint density at radius 2 is 1.48 bits per heavy atom. The molecule has 0 unspecified atom stereocenters. The van der Waals surface area contributed by atoms with E-state index in [2.05, 4.69) is 83.7 Å². The zero-order valence-corrected chi connectivity index (χ0v) is 21.9. The first-order chi connectivity index (χ1) is 11.9. The fourth-order valence-electron chi connectivity index (χ4n) is 2.97. The first kappa shape index (κ1) is 23.3. The minimum absolute atomic E-state index is 0.0378. The van der Waals surface area contributed by atoms with E-state index in [1.54, 1.807) is 0 Å². The van der Waals surface area contributed by atoms with Crippen LogP contribution in [0.4, 0.5) is 0 Å². The highest BCUT2D eigenvalue weighted by atomic mass is 79.9. The van der Waals surface area contributed by atoms with Crippen LogP contribution < -0.4 is 0 Å². The molecule has 1 aliphatic carbocycles. The van der Waals surface area contributed by atoms with Crippen molar-refractivity contribution in [3.63, 3.8) is 0 Å². The predicted molar refractivity (Wildman–Crippen MR) is 115 cm³/mol. The number of esters is 1. The van der Waals surface area contributed by atoms with Gasteiger partial charge in [0.2, 0.25) is 0 Å². The number of rotatable bonds is 4. The fourth-order valence-corrected chi connectivity index (χ4v) is 6.62. The van der Waals surface area contributed by atoms with Gasteiger partial charge in [0.05, 0.1) is 0 Å². The van der Waals surface area contributed by atoms with Crippen LogP contribution in [0.25, 0.3) is 0 Å². The van der Waals surface area contributed by atoms with E-state index >= 15 is 0 Å². The molecule has 1 saturated heterocycles.